The Balaban J connectivity index is 1.32. The number of aryl methyl sites for hydroxylation is 3. The lowest BCUT2D eigenvalue weighted by atomic mass is 10.1. The van der Waals surface area contributed by atoms with Gasteiger partial charge < -0.3 is 15.6 Å². The number of carbonyl (C=O) groups is 1. The highest BCUT2D eigenvalue weighted by Crippen LogP contribution is 2.20. The molecule has 29 heavy (non-hydrogen) atoms. The van der Waals surface area contributed by atoms with Crippen molar-refractivity contribution < 1.29 is 4.79 Å². The molecular weight excluding hydrogens is 384 g/mol. The fourth-order valence-electron chi connectivity index (χ4n) is 3.11. The number of H-pyrrole nitrogens is 1. The first-order chi connectivity index (χ1) is 14.1. The Morgan fingerprint density at radius 2 is 1.69 bits per heavy atom. The Morgan fingerprint density at radius 3 is 2.45 bits per heavy atom. The molecule has 0 aliphatic carbocycles. The van der Waals surface area contributed by atoms with Crippen LogP contribution in [-0.4, -0.2) is 16.0 Å². The first kappa shape index (κ1) is 19.0. The molecule has 5 nitrogen and oxygen atoms in total. The number of imidazole rings is 1. The standard InChI is InChI=1S/C23H21ClN4O/c1-15-6-10-18(14-19(15)24)26-23(29)25-17-11-7-16(8-12-17)9-13-22-27-20-4-2-3-5-21(20)28-22/h2-8,10-12,14H,9,13H2,1H3,(H,27,28)(H2,25,26,29). The number of nitrogens with one attached hydrogen (secondary N) is 3. The van der Waals surface area contributed by atoms with Crippen LogP contribution >= 0.6 is 11.6 Å². The Bertz CT molecular complexity index is 1120. The highest BCUT2D eigenvalue weighted by Gasteiger charge is 2.06. The van der Waals surface area contributed by atoms with Crippen LogP contribution in [0.4, 0.5) is 16.2 Å². The number of fused-ring (bicyclic) bond motifs is 1. The van der Waals surface area contributed by atoms with Crippen molar-refractivity contribution in [1.29, 1.82) is 0 Å². The summed E-state index contributed by atoms with van der Waals surface area (Å²) in [5.74, 6) is 0.976. The third kappa shape index (κ3) is 4.76. The summed E-state index contributed by atoms with van der Waals surface area (Å²) >= 11 is 6.09. The minimum atomic E-state index is -0.306. The Morgan fingerprint density at radius 1 is 0.966 bits per heavy atom. The van der Waals surface area contributed by atoms with Gasteiger partial charge in [0.1, 0.15) is 5.82 Å². The van der Waals surface area contributed by atoms with E-state index < -0.39 is 0 Å². The molecule has 0 saturated carbocycles. The average Bonchev–Trinajstić information content (AvgIpc) is 3.13. The number of anilines is 2. The Labute approximate surface area is 174 Å². The summed E-state index contributed by atoms with van der Waals surface area (Å²) in [5, 5.41) is 6.24. The van der Waals surface area contributed by atoms with Crippen molar-refractivity contribution in [2.45, 2.75) is 19.8 Å². The van der Waals surface area contributed by atoms with Crippen LogP contribution in [-0.2, 0) is 12.8 Å². The number of aromatic nitrogens is 2. The van der Waals surface area contributed by atoms with E-state index in [0.717, 1.165) is 41.0 Å². The summed E-state index contributed by atoms with van der Waals surface area (Å²) in [6.07, 6.45) is 1.70. The van der Waals surface area contributed by atoms with Crippen LogP contribution in [0.25, 0.3) is 11.0 Å². The average molecular weight is 405 g/mol. The predicted octanol–water partition coefficient (Wildman–Crippen LogP) is 5.95. The second kappa shape index (κ2) is 8.37. The molecule has 0 bridgehead atoms. The van der Waals surface area contributed by atoms with Gasteiger partial charge in [-0.2, -0.15) is 0 Å². The summed E-state index contributed by atoms with van der Waals surface area (Å²) in [5.41, 5.74) is 5.58. The fraction of sp³-hybridized carbons (Fsp3) is 0.130. The highest BCUT2D eigenvalue weighted by atomic mass is 35.5. The summed E-state index contributed by atoms with van der Waals surface area (Å²) in [7, 11) is 0. The van der Waals surface area contributed by atoms with Crippen LogP contribution in [0.5, 0.6) is 0 Å². The maximum atomic E-state index is 12.2. The molecule has 0 aliphatic rings. The maximum Gasteiger partial charge on any atom is 0.323 e. The van der Waals surface area contributed by atoms with Crippen LogP contribution in [0.3, 0.4) is 0 Å². The van der Waals surface area contributed by atoms with Gasteiger partial charge in [-0.05, 0) is 60.9 Å². The number of hydrogen-bond acceptors (Lipinski definition) is 2. The number of urea groups is 1. The Hall–Kier alpha value is -3.31. The molecule has 3 N–H and O–H groups in total. The van der Waals surface area contributed by atoms with Gasteiger partial charge in [0.05, 0.1) is 11.0 Å². The number of hydrogen-bond donors (Lipinski definition) is 3. The zero-order chi connectivity index (χ0) is 20.2. The third-order valence-corrected chi connectivity index (χ3v) is 5.14. The summed E-state index contributed by atoms with van der Waals surface area (Å²) in [6, 6.07) is 21.0. The minimum absolute atomic E-state index is 0.306. The van der Waals surface area contributed by atoms with Gasteiger partial charge in [-0.25, -0.2) is 9.78 Å². The zero-order valence-electron chi connectivity index (χ0n) is 16.0. The van der Waals surface area contributed by atoms with E-state index in [1.165, 1.54) is 5.56 Å². The van der Waals surface area contributed by atoms with Crippen LogP contribution in [0.1, 0.15) is 17.0 Å². The molecule has 0 spiro atoms. The van der Waals surface area contributed by atoms with E-state index in [-0.39, 0.29) is 6.03 Å². The topological polar surface area (TPSA) is 69.8 Å². The first-order valence-corrected chi connectivity index (χ1v) is 9.81. The summed E-state index contributed by atoms with van der Waals surface area (Å²) < 4.78 is 0. The third-order valence-electron chi connectivity index (χ3n) is 4.73. The molecule has 6 heteroatoms. The Kier molecular flexibility index (Phi) is 5.49. The second-order valence-corrected chi connectivity index (χ2v) is 7.35. The lowest BCUT2D eigenvalue weighted by Crippen LogP contribution is -2.19. The number of rotatable bonds is 5. The van der Waals surface area contributed by atoms with Crippen molar-refractivity contribution in [3.8, 4) is 0 Å². The SMILES string of the molecule is Cc1ccc(NC(=O)Nc2ccc(CCc3nc4ccccc4[nH]3)cc2)cc1Cl. The van der Waals surface area contributed by atoms with Crippen molar-refractivity contribution in [1.82, 2.24) is 9.97 Å². The van der Waals surface area contributed by atoms with Gasteiger partial charge in [-0.3, -0.25) is 0 Å². The molecule has 4 aromatic rings. The number of amides is 2. The van der Waals surface area contributed by atoms with Crippen molar-refractivity contribution in [2.75, 3.05) is 10.6 Å². The van der Waals surface area contributed by atoms with Crippen molar-refractivity contribution in [3.63, 3.8) is 0 Å². The largest absolute Gasteiger partial charge is 0.342 e. The van der Waals surface area contributed by atoms with Gasteiger partial charge in [0.25, 0.3) is 0 Å². The van der Waals surface area contributed by atoms with Gasteiger partial charge in [-0.1, -0.05) is 41.9 Å². The molecule has 0 unspecified atom stereocenters. The lowest BCUT2D eigenvalue weighted by Gasteiger charge is -2.09. The molecule has 1 aromatic heterocycles. The molecule has 4 rings (SSSR count). The van der Waals surface area contributed by atoms with Crippen molar-refractivity contribution >= 4 is 40.0 Å². The molecule has 3 aromatic carbocycles. The van der Waals surface area contributed by atoms with Gasteiger partial charge in [0, 0.05) is 22.8 Å². The summed E-state index contributed by atoms with van der Waals surface area (Å²) in [6.45, 7) is 1.92. The van der Waals surface area contributed by atoms with E-state index in [1.54, 1.807) is 6.07 Å². The molecule has 146 valence electrons. The lowest BCUT2D eigenvalue weighted by molar-refractivity contribution is 0.262. The zero-order valence-corrected chi connectivity index (χ0v) is 16.8. The second-order valence-electron chi connectivity index (χ2n) is 6.94. The summed E-state index contributed by atoms with van der Waals surface area (Å²) in [4.78, 5) is 20.1. The number of carbonyl (C=O) groups excluding carboxylic acids is 1. The normalized spacial score (nSPS) is 10.8. The maximum absolute atomic E-state index is 12.2. The van der Waals surface area contributed by atoms with Crippen molar-refractivity contribution in [3.05, 3.63) is 88.7 Å². The molecule has 1 heterocycles. The van der Waals surface area contributed by atoms with E-state index in [9.17, 15) is 4.79 Å². The molecule has 2 amide bonds. The molecule has 0 saturated heterocycles. The van der Waals surface area contributed by atoms with E-state index >= 15 is 0 Å². The van der Waals surface area contributed by atoms with Crippen LogP contribution in [0.15, 0.2) is 66.7 Å². The molecule has 0 radical (unpaired) electrons. The van der Waals surface area contributed by atoms with Crippen LogP contribution in [0.2, 0.25) is 5.02 Å². The van der Waals surface area contributed by atoms with Crippen LogP contribution in [0, 0.1) is 6.92 Å². The minimum Gasteiger partial charge on any atom is -0.342 e. The number of aromatic amines is 1. The smallest absolute Gasteiger partial charge is 0.323 e. The highest BCUT2D eigenvalue weighted by molar-refractivity contribution is 6.31. The number of para-hydroxylation sites is 2. The van der Waals surface area contributed by atoms with E-state index in [0.29, 0.717) is 10.7 Å². The molecular formula is C23H21ClN4O. The quantitative estimate of drug-likeness (QED) is 0.384. The van der Waals surface area contributed by atoms with Gasteiger partial charge in [0.15, 0.2) is 0 Å². The van der Waals surface area contributed by atoms with E-state index in [2.05, 4.69) is 20.6 Å². The molecule has 0 fully saturated rings. The fourth-order valence-corrected chi connectivity index (χ4v) is 3.29. The number of nitrogens with zero attached hydrogens (tertiary/aromatic N) is 1. The molecule has 0 atom stereocenters. The van der Waals surface area contributed by atoms with Gasteiger partial charge in [0.2, 0.25) is 0 Å². The van der Waals surface area contributed by atoms with Crippen LogP contribution < -0.4 is 10.6 Å². The predicted molar refractivity (Wildman–Crippen MR) is 119 cm³/mol. The van der Waals surface area contributed by atoms with E-state index in [4.69, 9.17) is 11.6 Å². The number of halogens is 1. The van der Waals surface area contributed by atoms with Gasteiger partial charge >= 0.3 is 6.03 Å². The van der Waals surface area contributed by atoms with E-state index in [1.807, 2.05) is 67.6 Å². The first-order valence-electron chi connectivity index (χ1n) is 9.43. The monoisotopic (exact) mass is 404 g/mol. The van der Waals surface area contributed by atoms with Gasteiger partial charge in [-0.15, -0.1) is 0 Å². The number of benzene rings is 3. The molecule has 0 aliphatic heterocycles. The van der Waals surface area contributed by atoms with Crippen molar-refractivity contribution in [2.24, 2.45) is 0 Å².